The Balaban J connectivity index is 2.28. The Hall–Kier alpha value is -1.32. The van der Waals surface area contributed by atoms with E-state index in [0.717, 1.165) is 31.5 Å². The monoisotopic (exact) mass is 278 g/mol. The van der Waals surface area contributed by atoms with Gasteiger partial charge >= 0.3 is 5.97 Å². The lowest BCUT2D eigenvalue weighted by atomic mass is 9.66. The van der Waals surface area contributed by atoms with E-state index >= 15 is 0 Å². The zero-order valence-corrected chi connectivity index (χ0v) is 13.0. The number of imidazole rings is 1. The molecule has 0 aromatic carbocycles. The summed E-state index contributed by atoms with van der Waals surface area (Å²) in [4.78, 5) is 15.8. The van der Waals surface area contributed by atoms with Gasteiger partial charge in [-0.05, 0) is 37.5 Å². The molecule has 1 N–H and O–H groups in total. The van der Waals surface area contributed by atoms with Crippen molar-refractivity contribution in [1.29, 1.82) is 0 Å². The molecule has 20 heavy (non-hydrogen) atoms. The van der Waals surface area contributed by atoms with Gasteiger partial charge in [0.2, 0.25) is 0 Å². The van der Waals surface area contributed by atoms with Crippen LogP contribution in [0.2, 0.25) is 0 Å². The number of hydrogen-bond acceptors (Lipinski definition) is 2. The number of aryl methyl sites for hydroxylation is 1. The van der Waals surface area contributed by atoms with Crippen molar-refractivity contribution in [1.82, 2.24) is 9.55 Å². The molecule has 1 fully saturated rings. The SMILES string of the molecule is CCC(C)(C)C1CCC(C(=O)O)C(n2ccnc2C)C1. The van der Waals surface area contributed by atoms with Gasteiger partial charge in [-0.3, -0.25) is 4.79 Å². The Bertz CT molecular complexity index is 479. The van der Waals surface area contributed by atoms with Crippen LogP contribution in [0.3, 0.4) is 0 Å². The van der Waals surface area contributed by atoms with Gasteiger partial charge in [0.05, 0.1) is 5.92 Å². The number of aromatic nitrogens is 2. The fourth-order valence-electron chi connectivity index (χ4n) is 3.48. The van der Waals surface area contributed by atoms with Crippen LogP contribution in [-0.4, -0.2) is 20.6 Å². The quantitative estimate of drug-likeness (QED) is 0.914. The Morgan fingerprint density at radius 1 is 1.50 bits per heavy atom. The summed E-state index contributed by atoms with van der Waals surface area (Å²) in [5.74, 6) is 0.536. The van der Waals surface area contributed by atoms with Crippen LogP contribution in [-0.2, 0) is 4.79 Å². The van der Waals surface area contributed by atoms with Crippen LogP contribution >= 0.6 is 0 Å². The van der Waals surface area contributed by atoms with Crippen LogP contribution in [0.15, 0.2) is 12.4 Å². The molecular weight excluding hydrogens is 252 g/mol. The maximum absolute atomic E-state index is 11.6. The molecule has 1 aromatic rings. The average molecular weight is 278 g/mol. The van der Waals surface area contributed by atoms with Crippen molar-refractivity contribution in [2.45, 2.75) is 59.4 Å². The lowest BCUT2D eigenvalue weighted by Crippen LogP contribution is -2.37. The van der Waals surface area contributed by atoms with Gasteiger partial charge < -0.3 is 9.67 Å². The summed E-state index contributed by atoms with van der Waals surface area (Å²) in [6, 6.07) is 0.0413. The Morgan fingerprint density at radius 3 is 2.70 bits per heavy atom. The van der Waals surface area contributed by atoms with Crippen LogP contribution < -0.4 is 0 Å². The number of nitrogens with zero attached hydrogens (tertiary/aromatic N) is 2. The Kier molecular flexibility index (Phi) is 4.21. The van der Waals surface area contributed by atoms with Gasteiger partial charge in [-0.25, -0.2) is 4.98 Å². The highest BCUT2D eigenvalue weighted by atomic mass is 16.4. The molecule has 0 spiro atoms. The average Bonchev–Trinajstić information content (AvgIpc) is 2.84. The van der Waals surface area contributed by atoms with E-state index in [9.17, 15) is 9.90 Å². The molecular formula is C16H26N2O2. The zero-order chi connectivity index (χ0) is 14.9. The second-order valence-corrected chi connectivity index (χ2v) is 6.75. The molecule has 0 aliphatic heterocycles. The van der Waals surface area contributed by atoms with Crippen molar-refractivity contribution < 1.29 is 9.90 Å². The van der Waals surface area contributed by atoms with E-state index in [1.165, 1.54) is 0 Å². The molecule has 1 saturated carbocycles. The third-order valence-electron chi connectivity index (χ3n) is 5.37. The highest BCUT2D eigenvalue weighted by molar-refractivity contribution is 5.70. The largest absolute Gasteiger partial charge is 0.481 e. The maximum Gasteiger partial charge on any atom is 0.308 e. The summed E-state index contributed by atoms with van der Waals surface area (Å²) in [5, 5.41) is 9.51. The third kappa shape index (κ3) is 2.74. The number of rotatable bonds is 4. The molecule has 1 aliphatic rings. The molecule has 2 rings (SSSR count). The van der Waals surface area contributed by atoms with Crippen molar-refractivity contribution in [3.05, 3.63) is 18.2 Å². The summed E-state index contributed by atoms with van der Waals surface area (Å²) >= 11 is 0. The second-order valence-electron chi connectivity index (χ2n) is 6.75. The molecule has 4 heteroatoms. The fraction of sp³-hybridized carbons (Fsp3) is 0.750. The fourth-order valence-corrected chi connectivity index (χ4v) is 3.48. The summed E-state index contributed by atoms with van der Waals surface area (Å²) in [6.07, 6.45) is 7.55. The predicted octanol–water partition coefficient (Wildman–Crippen LogP) is 3.67. The van der Waals surface area contributed by atoms with Gasteiger partial charge in [0.25, 0.3) is 0 Å². The van der Waals surface area contributed by atoms with Crippen LogP contribution in [0.1, 0.15) is 58.3 Å². The van der Waals surface area contributed by atoms with Crippen LogP contribution in [0.25, 0.3) is 0 Å². The van der Waals surface area contributed by atoms with Gasteiger partial charge in [-0.1, -0.05) is 27.2 Å². The molecule has 0 radical (unpaired) electrons. The van der Waals surface area contributed by atoms with E-state index in [2.05, 4.69) is 30.3 Å². The molecule has 0 amide bonds. The van der Waals surface area contributed by atoms with Crippen LogP contribution in [0.5, 0.6) is 0 Å². The molecule has 0 bridgehead atoms. The highest BCUT2D eigenvalue weighted by Gasteiger charge is 2.41. The van der Waals surface area contributed by atoms with Crippen molar-refractivity contribution in [2.24, 2.45) is 17.3 Å². The van der Waals surface area contributed by atoms with Crippen LogP contribution in [0, 0.1) is 24.2 Å². The van der Waals surface area contributed by atoms with E-state index in [4.69, 9.17) is 0 Å². The first-order valence-corrected chi connectivity index (χ1v) is 7.59. The number of carboxylic acid groups (broad SMARTS) is 1. The van der Waals surface area contributed by atoms with Gasteiger partial charge in [0.15, 0.2) is 0 Å². The third-order valence-corrected chi connectivity index (χ3v) is 5.37. The normalized spacial score (nSPS) is 27.5. The van der Waals surface area contributed by atoms with Crippen LogP contribution in [0.4, 0.5) is 0 Å². The molecule has 4 nitrogen and oxygen atoms in total. The van der Waals surface area contributed by atoms with Gasteiger partial charge in [0.1, 0.15) is 5.82 Å². The molecule has 1 aliphatic carbocycles. The molecule has 112 valence electrons. The smallest absolute Gasteiger partial charge is 0.308 e. The Morgan fingerprint density at radius 2 is 2.20 bits per heavy atom. The molecule has 0 saturated heterocycles. The van der Waals surface area contributed by atoms with E-state index in [0.29, 0.717) is 5.92 Å². The number of hydrogen-bond donors (Lipinski definition) is 1. The standard InChI is InChI=1S/C16H26N2O2/c1-5-16(3,4)12-6-7-13(15(19)20)14(10-12)18-9-8-17-11(18)2/h8-9,12-14H,5-7,10H2,1-4H3,(H,19,20). The predicted molar refractivity (Wildman–Crippen MR) is 78.5 cm³/mol. The molecule has 3 unspecified atom stereocenters. The summed E-state index contributed by atoms with van der Waals surface area (Å²) in [7, 11) is 0. The van der Waals surface area contributed by atoms with E-state index in [1.54, 1.807) is 6.20 Å². The number of aliphatic carboxylic acids is 1. The van der Waals surface area contributed by atoms with Gasteiger partial charge in [-0.15, -0.1) is 0 Å². The van der Waals surface area contributed by atoms with Crippen molar-refractivity contribution >= 4 is 5.97 Å². The first-order valence-electron chi connectivity index (χ1n) is 7.59. The number of carbonyl (C=O) groups is 1. The van der Waals surface area contributed by atoms with Crippen molar-refractivity contribution in [3.8, 4) is 0 Å². The van der Waals surface area contributed by atoms with Gasteiger partial charge in [0, 0.05) is 18.4 Å². The van der Waals surface area contributed by atoms with Crippen molar-refractivity contribution in [2.75, 3.05) is 0 Å². The molecule has 1 heterocycles. The summed E-state index contributed by atoms with van der Waals surface area (Å²) in [6.45, 7) is 8.78. The summed E-state index contributed by atoms with van der Waals surface area (Å²) < 4.78 is 2.07. The highest BCUT2D eigenvalue weighted by Crippen LogP contribution is 2.46. The topological polar surface area (TPSA) is 55.1 Å². The lowest BCUT2D eigenvalue weighted by molar-refractivity contribution is -0.145. The van der Waals surface area contributed by atoms with E-state index in [-0.39, 0.29) is 17.4 Å². The van der Waals surface area contributed by atoms with E-state index in [1.807, 2.05) is 13.1 Å². The first-order chi connectivity index (χ1) is 9.36. The first kappa shape index (κ1) is 15.1. The lowest BCUT2D eigenvalue weighted by Gasteiger charge is -2.42. The number of carboxylic acids is 1. The maximum atomic E-state index is 11.6. The summed E-state index contributed by atoms with van der Waals surface area (Å²) in [5.41, 5.74) is 0.274. The molecule has 1 aromatic heterocycles. The Labute approximate surface area is 121 Å². The van der Waals surface area contributed by atoms with E-state index < -0.39 is 5.97 Å². The molecule has 3 atom stereocenters. The van der Waals surface area contributed by atoms with Crippen molar-refractivity contribution in [3.63, 3.8) is 0 Å². The minimum absolute atomic E-state index is 0.0413. The minimum Gasteiger partial charge on any atom is -0.481 e. The van der Waals surface area contributed by atoms with Gasteiger partial charge in [-0.2, -0.15) is 0 Å². The zero-order valence-electron chi connectivity index (χ0n) is 13.0. The minimum atomic E-state index is -0.671. The second kappa shape index (κ2) is 5.58.